The molecule has 0 bridgehead atoms. The Kier molecular flexibility index (Phi) is 4.61. The van der Waals surface area contributed by atoms with Crippen LogP contribution in [-0.2, 0) is 0 Å². The molecule has 0 saturated heterocycles. The highest BCUT2D eigenvalue weighted by molar-refractivity contribution is 6.04. The Hall–Kier alpha value is -2.62. The molecule has 0 saturated carbocycles. The van der Waals surface area contributed by atoms with Crippen LogP contribution in [0, 0.1) is 0 Å². The molecule has 2 nitrogen and oxygen atoms in total. The Morgan fingerprint density at radius 2 is 1.68 bits per heavy atom. The molecule has 2 aromatic carbocycles. The maximum atomic E-state index is 14.4. The van der Waals surface area contributed by atoms with Crippen molar-refractivity contribution in [2.24, 2.45) is 4.99 Å². The van der Waals surface area contributed by atoms with E-state index in [4.69, 9.17) is 0 Å². The van der Waals surface area contributed by atoms with Crippen molar-refractivity contribution in [2.75, 3.05) is 0 Å². The number of carbonyl (C=O) groups excluding carboxylic acids is 1. The van der Waals surface area contributed by atoms with Crippen molar-refractivity contribution in [1.29, 1.82) is 0 Å². The molecule has 0 radical (unpaired) electrons. The Balaban J connectivity index is 2.38. The molecule has 0 atom stereocenters. The van der Waals surface area contributed by atoms with Crippen molar-refractivity contribution in [1.82, 2.24) is 0 Å². The van der Waals surface area contributed by atoms with Gasteiger partial charge in [0.2, 0.25) is 5.78 Å². The fourth-order valence-corrected chi connectivity index (χ4v) is 2.03. The van der Waals surface area contributed by atoms with Crippen LogP contribution in [0.3, 0.4) is 0 Å². The number of alkyl halides is 2. The van der Waals surface area contributed by atoms with Crippen molar-refractivity contribution < 1.29 is 13.6 Å². The zero-order valence-electron chi connectivity index (χ0n) is 12.1. The maximum Gasteiger partial charge on any atom is 0.331 e. The Bertz CT molecular complexity index is 721. The van der Waals surface area contributed by atoms with Crippen LogP contribution in [-0.4, -0.2) is 18.4 Å². The minimum atomic E-state index is -3.57. The van der Waals surface area contributed by atoms with Crippen LogP contribution in [0.2, 0.25) is 0 Å². The first kappa shape index (κ1) is 15.8. The van der Waals surface area contributed by atoms with Crippen molar-refractivity contribution >= 4 is 24.3 Å². The molecule has 22 heavy (non-hydrogen) atoms. The van der Waals surface area contributed by atoms with Crippen LogP contribution in [0.25, 0.3) is 6.08 Å². The second-order valence-corrected chi connectivity index (χ2v) is 4.81. The molecule has 0 aliphatic heterocycles. The SMILES string of the molecule is C=Nc1ccccc1/C=C(\C)C(F)(F)C(=O)c1ccccc1. The number of rotatable bonds is 5. The van der Waals surface area contributed by atoms with Crippen LogP contribution >= 0.6 is 0 Å². The summed E-state index contributed by atoms with van der Waals surface area (Å²) in [6, 6.07) is 14.3. The summed E-state index contributed by atoms with van der Waals surface area (Å²) in [6.45, 7) is 4.65. The summed E-state index contributed by atoms with van der Waals surface area (Å²) in [6.07, 6.45) is 1.27. The first-order valence-electron chi connectivity index (χ1n) is 6.69. The molecular formula is C18H15F2NO. The molecular weight excluding hydrogens is 284 g/mol. The van der Waals surface area contributed by atoms with E-state index in [0.29, 0.717) is 11.3 Å². The topological polar surface area (TPSA) is 29.4 Å². The van der Waals surface area contributed by atoms with Gasteiger partial charge in [-0.05, 0) is 25.8 Å². The van der Waals surface area contributed by atoms with Gasteiger partial charge in [-0.15, -0.1) is 0 Å². The number of Topliss-reactive ketones (excluding diaryl/α,β-unsaturated/α-hetero) is 1. The van der Waals surface area contributed by atoms with Gasteiger partial charge in [-0.1, -0.05) is 48.5 Å². The minimum Gasteiger partial charge on any atom is -0.287 e. The maximum absolute atomic E-state index is 14.4. The number of benzene rings is 2. The van der Waals surface area contributed by atoms with Crippen LogP contribution in [0.15, 0.2) is 65.2 Å². The lowest BCUT2D eigenvalue weighted by atomic mass is 9.98. The van der Waals surface area contributed by atoms with Gasteiger partial charge in [-0.3, -0.25) is 9.79 Å². The molecule has 0 N–H and O–H groups in total. The summed E-state index contributed by atoms with van der Waals surface area (Å²) in [5.74, 6) is -4.79. The largest absolute Gasteiger partial charge is 0.331 e. The zero-order chi connectivity index (χ0) is 16.2. The number of aliphatic imine (C=N–C) groups is 1. The summed E-state index contributed by atoms with van der Waals surface area (Å²) in [7, 11) is 0. The first-order chi connectivity index (χ1) is 10.5. The normalized spacial score (nSPS) is 12.0. The summed E-state index contributed by atoms with van der Waals surface area (Å²) >= 11 is 0. The molecule has 112 valence electrons. The van der Waals surface area contributed by atoms with E-state index in [0.717, 1.165) is 0 Å². The Morgan fingerprint density at radius 1 is 1.09 bits per heavy atom. The van der Waals surface area contributed by atoms with Gasteiger partial charge in [0.15, 0.2) is 0 Å². The minimum absolute atomic E-state index is 0.0182. The lowest BCUT2D eigenvalue weighted by molar-refractivity contribution is 0.0327. The highest BCUT2D eigenvalue weighted by Crippen LogP contribution is 2.31. The third-order valence-electron chi connectivity index (χ3n) is 3.30. The van der Waals surface area contributed by atoms with Gasteiger partial charge < -0.3 is 0 Å². The summed E-state index contributed by atoms with van der Waals surface area (Å²) in [5.41, 5.74) is 0.633. The van der Waals surface area contributed by atoms with E-state index in [1.165, 1.54) is 25.1 Å². The van der Waals surface area contributed by atoms with Gasteiger partial charge in [0.1, 0.15) is 0 Å². The molecule has 2 rings (SSSR count). The fourth-order valence-electron chi connectivity index (χ4n) is 2.03. The highest BCUT2D eigenvalue weighted by atomic mass is 19.3. The molecule has 0 aliphatic carbocycles. The molecule has 0 aromatic heterocycles. The molecule has 0 spiro atoms. The van der Waals surface area contributed by atoms with Gasteiger partial charge in [-0.25, -0.2) is 0 Å². The third kappa shape index (κ3) is 3.17. The third-order valence-corrected chi connectivity index (χ3v) is 3.30. The van der Waals surface area contributed by atoms with E-state index in [1.807, 2.05) is 0 Å². The van der Waals surface area contributed by atoms with Gasteiger partial charge in [0.25, 0.3) is 0 Å². The van der Waals surface area contributed by atoms with E-state index in [9.17, 15) is 13.6 Å². The second kappa shape index (κ2) is 6.43. The Labute approximate surface area is 127 Å². The quantitative estimate of drug-likeness (QED) is 0.568. The van der Waals surface area contributed by atoms with Crippen LogP contribution in [0.1, 0.15) is 22.8 Å². The van der Waals surface area contributed by atoms with Gasteiger partial charge in [0, 0.05) is 16.7 Å². The van der Waals surface area contributed by atoms with Crippen molar-refractivity contribution in [2.45, 2.75) is 12.8 Å². The molecule has 0 amide bonds. The molecule has 0 heterocycles. The van der Waals surface area contributed by atoms with E-state index in [2.05, 4.69) is 11.7 Å². The average Bonchev–Trinajstić information content (AvgIpc) is 2.55. The van der Waals surface area contributed by atoms with Gasteiger partial charge in [0.05, 0.1) is 5.69 Å². The predicted molar refractivity (Wildman–Crippen MR) is 85.0 cm³/mol. The van der Waals surface area contributed by atoms with E-state index in [1.54, 1.807) is 42.5 Å². The van der Waals surface area contributed by atoms with Gasteiger partial charge >= 0.3 is 5.92 Å². The number of carbonyl (C=O) groups is 1. The number of hydrogen-bond acceptors (Lipinski definition) is 2. The zero-order valence-corrected chi connectivity index (χ0v) is 12.1. The average molecular weight is 299 g/mol. The summed E-state index contributed by atoms with van der Waals surface area (Å²) < 4.78 is 28.7. The molecule has 0 aliphatic rings. The number of halogens is 2. The van der Waals surface area contributed by atoms with Crippen LogP contribution < -0.4 is 0 Å². The smallest absolute Gasteiger partial charge is 0.287 e. The standard InChI is InChI=1S/C18H15F2NO/c1-13(12-15-10-6-7-11-16(15)21-2)18(19,20)17(22)14-8-4-3-5-9-14/h3-12H,2H2,1H3/b13-12+. The van der Waals surface area contributed by atoms with Crippen LogP contribution in [0.5, 0.6) is 0 Å². The van der Waals surface area contributed by atoms with E-state index < -0.39 is 11.7 Å². The fraction of sp³-hybridized carbons (Fsp3) is 0.111. The number of para-hydroxylation sites is 1. The van der Waals surface area contributed by atoms with Crippen molar-refractivity contribution in [3.05, 3.63) is 71.3 Å². The molecule has 0 fully saturated rings. The molecule has 2 aromatic rings. The number of nitrogens with zero attached hydrogens (tertiary/aromatic N) is 1. The second-order valence-electron chi connectivity index (χ2n) is 4.81. The number of allylic oxidation sites excluding steroid dienone is 1. The number of ketones is 1. The molecule has 4 heteroatoms. The lowest BCUT2D eigenvalue weighted by Gasteiger charge is -2.16. The molecule has 0 unspecified atom stereocenters. The van der Waals surface area contributed by atoms with E-state index >= 15 is 0 Å². The number of hydrogen-bond donors (Lipinski definition) is 0. The first-order valence-corrected chi connectivity index (χ1v) is 6.69. The van der Waals surface area contributed by atoms with Crippen LogP contribution in [0.4, 0.5) is 14.5 Å². The summed E-state index contributed by atoms with van der Waals surface area (Å²) in [4.78, 5) is 15.8. The van der Waals surface area contributed by atoms with Gasteiger partial charge in [-0.2, -0.15) is 8.78 Å². The predicted octanol–water partition coefficient (Wildman–Crippen LogP) is 4.94. The lowest BCUT2D eigenvalue weighted by Crippen LogP contribution is -2.30. The highest BCUT2D eigenvalue weighted by Gasteiger charge is 2.41. The van der Waals surface area contributed by atoms with Crippen molar-refractivity contribution in [3.63, 3.8) is 0 Å². The monoisotopic (exact) mass is 299 g/mol. The summed E-state index contributed by atoms with van der Waals surface area (Å²) in [5, 5.41) is 0. The Morgan fingerprint density at radius 3 is 2.32 bits per heavy atom. The van der Waals surface area contributed by atoms with Crippen molar-refractivity contribution in [3.8, 4) is 0 Å². The van der Waals surface area contributed by atoms with E-state index in [-0.39, 0.29) is 11.1 Å².